The van der Waals surface area contributed by atoms with E-state index in [2.05, 4.69) is 30.9 Å². The molecule has 0 radical (unpaired) electrons. The van der Waals surface area contributed by atoms with Crippen molar-refractivity contribution in [1.82, 2.24) is 4.90 Å². The Hall–Kier alpha value is -0.940. The molecule has 1 atom stereocenters. The van der Waals surface area contributed by atoms with Crippen LogP contribution in [0, 0.1) is 13.8 Å². The molecular formula is C17H29NO3. The second-order valence-electron chi connectivity index (χ2n) is 5.48. The van der Waals surface area contributed by atoms with Gasteiger partial charge in [-0.2, -0.15) is 0 Å². The molecule has 0 aliphatic heterocycles. The van der Waals surface area contributed by atoms with E-state index in [9.17, 15) is 5.11 Å². The van der Waals surface area contributed by atoms with Gasteiger partial charge in [0.2, 0.25) is 0 Å². The monoisotopic (exact) mass is 295 g/mol. The van der Waals surface area contributed by atoms with Gasteiger partial charge in [0.05, 0.1) is 19.3 Å². The molecule has 0 bridgehead atoms. The first-order valence-electron chi connectivity index (χ1n) is 7.54. The van der Waals surface area contributed by atoms with E-state index in [0.717, 1.165) is 31.6 Å². The molecule has 0 aliphatic rings. The summed E-state index contributed by atoms with van der Waals surface area (Å²) in [5.74, 6) is 0. The number of hydrogen-bond donors (Lipinski definition) is 1. The maximum absolute atomic E-state index is 10.3. The van der Waals surface area contributed by atoms with Gasteiger partial charge in [0.1, 0.15) is 0 Å². The van der Waals surface area contributed by atoms with Crippen LogP contribution in [-0.2, 0) is 9.47 Å². The van der Waals surface area contributed by atoms with E-state index >= 15 is 0 Å². The molecule has 1 rings (SSSR count). The Morgan fingerprint density at radius 1 is 1.00 bits per heavy atom. The Bertz CT molecular complexity index is 401. The van der Waals surface area contributed by atoms with Crippen LogP contribution in [0.1, 0.15) is 29.2 Å². The molecule has 4 heteroatoms. The van der Waals surface area contributed by atoms with Gasteiger partial charge in [-0.25, -0.2) is 0 Å². The van der Waals surface area contributed by atoms with E-state index in [1.807, 2.05) is 6.07 Å². The van der Waals surface area contributed by atoms with Gasteiger partial charge in [0.25, 0.3) is 0 Å². The molecular weight excluding hydrogens is 266 g/mol. The van der Waals surface area contributed by atoms with Gasteiger partial charge >= 0.3 is 0 Å². The van der Waals surface area contributed by atoms with Crippen LogP contribution in [0.25, 0.3) is 0 Å². The molecule has 1 unspecified atom stereocenters. The van der Waals surface area contributed by atoms with Crippen molar-refractivity contribution in [2.75, 3.05) is 47.1 Å². The molecule has 1 aromatic carbocycles. The lowest BCUT2D eigenvalue weighted by Gasteiger charge is -2.23. The number of rotatable bonds is 10. The first kappa shape index (κ1) is 18.1. The number of aliphatic hydroxyl groups excluding tert-OH is 1. The highest BCUT2D eigenvalue weighted by atomic mass is 16.5. The summed E-state index contributed by atoms with van der Waals surface area (Å²) in [6, 6.07) is 6.16. The third-order valence-corrected chi connectivity index (χ3v) is 3.86. The van der Waals surface area contributed by atoms with E-state index in [1.54, 1.807) is 14.2 Å². The molecule has 1 N–H and O–H groups in total. The van der Waals surface area contributed by atoms with E-state index in [0.29, 0.717) is 13.2 Å². The molecule has 4 nitrogen and oxygen atoms in total. The van der Waals surface area contributed by atoms with Crippen LogP contribution < -0.4 is 0 Å². The van der Waals surface area contributed by atoms with Crippen LogP contribution in [0.2, 0.25) is 0 Å². The minimum Gasteiger partial charge on any atom is -0.388 e. The number of hydrogen-bond acceptors (Lipinski definition) is 4. The third kappa shape index (κ3) is 6.57. The van der Waals surface area contributed by atoms with Gasteiger partial charge in [0.15, 0.2) is 0 Å². The van der Waals surface area contributed by atoms with Crippen molar-refractivity contribution < 1.29 is 14.6 Å². The van der Waals surface area contributed by atoms with Crippen molar-refractivity contribution in [1.29, 1.82) is 0 Å². The maximum atomic E-state index is 10.3. The summed E-state index contributed by atoms with van der Waals surface area (Å²) in [5.41, 5.74) is 3.48. The average molecular weight is 295 g/mol. The standard InChI is InChI=1S/C17H29NO3/c1-14-5-6-16(13-15(14)2)17(19)7-8-18(9-11-20-3)10-12-21-4/h5-6,13,17,19H,7-12H2,1-4H3. The molecule has 0 aliphatic carbocycles. The molecule has 0 aromatic heterocycles. The SMILES string of the molecule is COCCN(CCOC)CCC(O)c1ccc(C)c(C)c1. The molecule has 21 heavy (non-hydrogen) atoms. The van der Waals surface area contributed by atoms with Gasteiger partial charge in [-0.15, -0.1) is 0 Å². The summed E-state index contributed by atoms with van der Waals surface area (Å²) >= 11 is 0. The fourth-order valence-corrected chi connectivity index (χ4v) is 2.22. The summed E-state index contributed by atoms with van der Waals surface area (Å²) in [5, 5.41) is 10.3. The van der Waals surface area contributed by atoms with Crippen LogP contribution in [0.15, 0.2) is 18.2 Å². The smallest absolute Gasteiger partial charge is 0.0802 e. The van der Waals surface area contributed by atoms with Crippen molar-refractivity contribution in [2.45, 2.75) is 26.4 Å². The molecule has 0 saturated carbocycles. The molecule has 0 fully saturated rings. The number of methoxy groups -OCH3 is 2. The Kier molecular flexibility index (Phi) is 8.54. The summed E-state index contributed by atoms with van der Waals surface area (Å²) in [6.07, 6.45) is 0.299. The molecule has 120 valence electrons. The Morgan fingerprint density at radius 2 is 1.62 bits per heavy atom. The van der Waals surface area contributed by atoms with E-state index in [1.165, 1.54) is 11.1 Å². The summed E-state index contributed by atoms with van der Waals surface area (Å²) in [7, 11) is 3.41. The largest absolute Gasteiger partial charge is 0.388 e. The summed E-state index contributed by atoms with van der Waals surface area (Å²) < 4.78 is 10.3. The first-order valence-corrected chi connectivity index (χ1v) is 7.54. The van der Waals surface area contributed by atoms with Crippen molar-refractivity contribution >= 4 is 0 Å². The second-order valence-corrected chi connectivity index (χ2v) is 5.48. The normalized spacial score (nSPS) is 12.9. The van der Waals surface area contributed by atoms with Gasteiger partial charge < -0.3 is 14.6 Å². The maximum Gasteiger partial charge on any atom is 0.0802 e. The molecule has 0 spiro atoms. The quantitative estimate of drug-likeness (QED) is 0.719. The van der Waals surface area contributed by atoms with Gasteiger partial charge in [-0.1, -0.05) is 18.2 Å². The number of aryl methyl sites for hydroxylation is 2. The molecule has 1 aromatic rings. The second kappa shape index (κ2) is 9.90. The van der Waals surface area contributed by atoms with Crippen LogP contribution in [-0.4, -0.2) is 57.1 Å². The highest BCUT2D eigenvalue weighted by molar-refractivity contribution is 5.31. The third-order valence-electron chi connectivity index (χ3n) is 3.86. The van der Waals surface area contributed by atoms with Crippen LogP contribution in [0.3, 0.4) is 0 Å². The topological polar surface area (TPSA) is 41.9 Å². The van der Waals surface area contributed by atoms with E-state index < -0.39 is 6.10 Å². The lowest BCUT2D eigenvalue weighted by atomic mass is 10.0. The van der Waals surface area contributed by atoms with Crippen LogP contribution >= 0.6 is 0 Å². The van der Waals surface area contributed by atoms with Crippen LogP contribution in [0.5, 0.6) is 0 Å². The molecule has 0 heterocycles. The number of ether oxygens (including phenoxy) is 2. The zero-order valence-corrected chi connectivity index (χ0v) is 13.8. The highest BCUT2D eigenvalue weighted by Gasteiger charge is 2.11. The zero-order chi connectivity index (χ0) is 15.7. The van der Waals surface area contributed by atoms with Gasteiger partial charge in [0, 0.05) is 33.9 Å². The Labute approximate surface area is 128 Å². The minimum absolute atomic E-state index is 0.420. The Balaban J connectivity index is 2.50. The zero-order valence-electron chi connectivity index (χ0n) is 13.8. The van der Waals surface area contributed by atoms with Crippen molar-refractivity contribution in [2.24, 2.45) is 0 Å². The Morgan fingerprint density at radius 3 is 2.14 bits per heavy atom. The van der Waals surface area contributed by atoms with E-state index in [4.69, 9.17) is 9.47 Å². The van der Waals surface area contributed by atoms with Crippen LogP contribution in [0.4, 0.5) is 0 Å². The first-order chi connectivity index (χ1) is 10.1. The van der Waals surface area contributed by atoms with E-state index in [-0.39, 0.29) is 0 Å². The van der Waals surface area contributed by atoms with Gasteiger partial charge in [-0.3, -0.25) is 4.90 Å². The van der Waals surface area contributed by atoms with Crippen molar-refractivity contribution in [3.8, 4) is 0 Å². The van der Waals surface area contributed by atoms with Gasteiger partial charge in [-0.05, 0) is 37.0 Å². The average Bonchev–Trinajstić information content (AvgIpc) is 2.49. The highest BCUT2D eigenvalue weighted by Crippen LogP contribution is 2.20. The number of benzene rings is 1. The fraction of sp³-hybridized carbons (Fsp3) is 0.647. The number of nitrogens with zero attached hydrogens (tertiary/aromatic N) is 1. The molecule has 0 saturated heterocycles. The predicted octanol–water partition coefficient (Wildman–Crippen LogP) is 2.32. The number of aliphatic hydroxyl groups is 1. The summed E-state index contributed by atoms with van der Waals surface area (Å²) in [4.78, 5) is 2.26. The predicted molar refractivity (Wildman–Crippen MR) is 85.7 cm³/mol. The fourth-order valence-electron chi connectivity index (χ4n) is 2.22. The molecule has 0 amide bonds. The lowest BCUT2D eigenvalue weighted by Crippen LogP contribution is -2.32. The lowest BCUT2D eigenvalue weighted by molar-refractivity contribution is 0.0945. The summed E-state index contributed by atoms with van der Waals surface area (Å²) in [6.45, 7) is 8.12. The minimum atomic E-state index is -0.420. The van der Waals surface area contributed by atoms with Crippen molar-refractivity contribution in [3.05, 3.63) is 34.9 Å². The van der Waals surface area contributed by atoms with Crippen molar-refractivity contribution in [3.63, 3.8) is 0 Å².